The van der Waals surface area contributed by atoms with Crippen molar-refractivity contribution in [2.24, 2.45) is 5.41 Å². The molecular weight excluding hydrogens is 496 g/mol. The van der Waals surface area contributed by atoms with E-state index in [2.05, 4.69) is 0 Å². The zero-order valence-electron chi connectivity index (χ0n) is 23.0. The maximum absolute atomic E-state index is 13.3. The molecule has 1 unspecified atom stereocenters. The lowest BCUT2D eigenvalue weighted by molar-refractivity contribution is -0.169. The Morgan fingerprint density at radius 3 is 2.00 bits per heavy atom. The van der Waals surface area contributed by atoms with Crippen molar-refractivity contribution in [2.75, 3.05) is 21.3 Å². The highest BCUT2D eigenvalue weighted by atomic mass is 16.5. The normalized spacial score (nSPS) is 16.1. The summed E-state index contributed by atoms with van der Waals surface area (Å²) in [5, 5.41) is 0. The van der Waals surface area contributed by atoms with Crippen molar-refractivity contribution in [3.8, 4) is 0 Å². The zero-order valence-corrected chi connectivity index (χ0v) is 23.0. The van der Waals surface area contributed by atoms with Crippen LogP contribution in [0.25, 0.3) is 11.1 Å². The fraction of sp³-hybridized carbons (Fsp3) is 0.344. The highest BCUT2D eigenvalue weighted by molar-refractivity contribution is 6.06. The third-order valence-corrected chi connectivity index (χ3v) is 7.41. The lowest BCUT2D eigenvalue weighted by Gasteiger charge is -2.34. The Labute approximate surface area is 228 Å². The van der Waals surface area contributed by atoms with Crippen LogP contribution in [0.1, 0.15) is 66.1 Å². The van der Waals surface area contributed by atoms with Gasteiger partial charge in [0, 0.05) is 37.5 Å². The first-order valence-electron chi connectivity index (χ1n) is 12.9. The SMILES string of the molecule is COC(=O)C1(C(=O)OC)C/C(=C(/CCC(C)=O)c2ccccc2)c2c(oc(C)c2C(OC)c2ccccc2)C1. The van der Waals surface area contributed by atoms with E-state index in [0.717, 1.165) is 33.4 Å². The predicted molar refractivity (Wildman–Crippen MR) is 147 cm³/mol. The van der Waals surface area contributed by atoms with Gasteiger partial charge in [0.15, 0.2) is 5.41 Å². The summed E-state index contributed by atoms with van der Waals surface area (Å²) in [5.41, 5.74) is 3.41. The molecule has 1 atom stereocenters. The van der Waals surface area contributed by atoms with Crippen LogP contribution in [-0.4, -0.2) is 39.1 Å². The first-order valence-corrected chi connectivity index (χ1v) is 12.9. The van der Waals surface area contributed by atoms with Crippen LogP contribution in [0.3, 0.4) is 0 Å². The van der Waals surface area contributed by atoms with E-state index >= 15 is 0 Å². The van der Waals surface area contributed by atoms with Crippen molar-refractivity contribution in [3.63, 3.8) is 0 Å². The average molecular weight is 531 g/mol. The highest BCUT2D eigenvalue weighted by Gasteiger charge is 2.54. The number of rotatable bonds is 9. The molecule has 1 aromatic heterocycles. The topological polar surface area (TPSA) is 92.0 Å². The molecule has 7 heteroatoms. The van der Waals surface area contributed by atoms with Gasteiger partial charge in [0.1, 0.15) is 23.4 Å². The number of furan rings is 1. The molecule has 0 aliphatic heterocycles. The molecule has 1 heterocycles. The number of benzene rings is 2. The van der Waals surface area contributed by atoms with E-state index in [4.69, 9.17) is 18.6 Å². The number of allylic oxidation sites excluding steroid dienone is 2. The Kier molecular flexibility index (Phi) is 8.51. The Hall–Kier alpha value is -3.97. The van der Waals surface area contributed by atoms with Gasteiger partial charge >= 0.3 is 11.9 Å². The van der Waals surface area contributed by atoms with Crippen molar-refractivity contribution in [2.45, 2.75) is 45.6 Å². The second-order valence-corrected chi connectivity index (χ2v) is 9.84. The largest absolute Gasteiger partial charge is 0.468 e. The Bertz CT molecular complexity index is 1370. The number of methoxy groups -OCH3 is 3. The van der Waals surface area contributed by atoms with Crippen LogP contribution in [0.15, 0.2) is 65.1 Å². The number of hydrogen-bond acceptors (Lipinski definition) is 7. The second kappa shape index (κ2) is 11.8. The molecule has 0 amide bonds. The number of carbonyl (C=O) groups excluding carboxylic acids is 3. The van der Waals surface area contributed by atoms with Gasteiger partial charge < -0.3 is 23.4 Å². The van der Waals surface area contributed by atoms with Crippen molar-refractivity contribution in [1.82, 2.24) is 0 Å². The molecule has 0 saturated heterocycles. The third kappa shape index (κ3) is 5.32. The number of hydrogen-bond donors (Lipinski definition) is 0. The molecule has 0 saturated carbocycles. The maximum Gasteiger partial charge on any atom is 0.324 e. The van der Waals surface area contributed by atoms with Crippen LogP contribution in [0.5, 0.6) is 0 Å². The summed E-state index contributed by atoms with van der Waals surface area (Å²) in [6.07, 6.45) is 0.261. The maximum atomic E-state index is 13.3. The van der Waals surface area contributed by atoms with Crippen molar-refractivity contribution in [1.29, 1.82) is 0 Å². The van der Waals surface area contributed by atoms with Crippen molar-refractivity contribution in [3.05, 3.63) is 94.4 Å². The standard InChI is InChI=1S/C32H34O7/c1-20(33)16-17-24(22-12-8-6-9-13-22)25-18-32(30(34)37-4,31(35)38-5)19-26-28(25)27(21(2)39-26)29(36-3)23-14-10-7-11-15-23/h6-15,29H,16-19H2,1-5H3/b25-24+. The van der Waals surface area contributed by atoms with Gasteiger partial charge in [0.05, 0.1) is 14.2 Å². The van der Waals surface area contributed by atoms with Crippen LogP contribution in [0.2, 0.25) is 0 Å². The van der Waals surface area contributed by atoms with Gasteiger partial charge in [-0.1, -0.05) is 60.7 Å². The molecule has 2 aromatic carbocycles. The Morgan fingerprint density at radius 2 is 1.46 bits per heavy atom. The van der Waals surface area contributed by atoms with E-state index in [0.29, 0.717) is 24.4 Å². The molecule has 0 N–H and O–H groups in total. The molecule has 0 fully saturated rings. The molecule has 39 heavy (non-hydrogen) atoms. The van der Waals surface area contributed by atoms with Gasteiger partial charge in [-0.05, 0) is 42.5 Å². The quantitative estimate of drug-likeness (QED) is 0.252. The van der Waals surface area contributed by atoms with Crippen LogP contribution >= 0.6 is 0 Å². The molecule has 0 radical (unpaired) electrons. The molecule has 4 rings (SSSR count). The molecule has 1 aliphatic carbocycles. The molecule has 0 spiro atoms. The summed E-state index contributed by atoms with van der Waals surface area (Å²) in [6, 6.07) is 19.5. The van der Waals surface area contributed by atoms with Crippen LogP contribution < -0.4 is 0 Å². The molecule has 7 nitrogen and oxygen atoms in total. The lowest BCUT2D eigenvalue weighted by atomic mass is 9.68. The minimum absolute atomic E-state index is 0.0218. The van der Waals surface area contributed by atoms with Crippen molar-refractivity contribution >= 4 is 28.9 Å². The van der Waals surface area contributed by atoms with Crippen molar-refractivity contribution < 1.29 is 33.0 Å². The van der Waals surface area contributed by atoms with Gasteiger partial charge in [-0.15, -0.1) is 0 Å². The van der Waals surface area contributed by atoms with Crippen LogP contribution in [0, 0.1) is 12.3 Å². The van der Waals surface area contributed by atoms with Gasteiger partial charge in [0.2, 0.25) is 0 Å². The second-order valence-electron chi connectivity index (χ2n) is 9.84. The lowest BCUT2D eigenvalue weighted by Crippen LogP contribution is -2.45. The van der Waals surface area contributed by atoms with Gasteiger partial charge in [-0.2, -0.15) is 0 Å². The fourth-order valence-corrected chi connectivity index (χ4v) is 5.59. The summed E-state index contributed by atoms with van der Waals surface area (Å²) in [7, 11) is 4.16. The van der Waals surface area contributed by atoms with E-state index in [1.807, 2.05) is 67.6 Å². The predicted octanol–water partition coefficient (Wildman–Crippen LogP) is 5.88. The van der Waals surface area contributed by atoms with Crippen LogP contribution in [-0.2, 0) is 35.0 Å². The van der Waals surface area contributed by atoms with E-state index < -0.39 is 23.5 Å². The number of Topliss-reactive ketones (excluding diaryl/α,β-unsaturated/α-hetero) is 1. The fourth-order valence-electron chi connectivity index (χ4n) is 5.59. The molecular formula is C32H34O7. The van der Waals surface area contributed by atoms with Gasteiger partial charge in [-0.3, -0.25) is 9.59 Å². The number of carbonyl (C=O) groups is 3. The third-order valence-electron chi connectivity index (χ3n) is 7.41. The van der Waals surface area contributed by atoms with Gasteiger partial charge in [-0.25, -0.2) is 0 Å². The average Bonchev–Trinajstić information content (AvgIpc) is 3.28. The summed E-state index contributed by atoms with van der Waals surface area (Å²) >= 11 is 0. The number of esters is 2. The first-order chi connectivity index (χ1) is 18.8. The minimum Gasteiger partial charge on any atom is -0.468 e. The van der Waals surface area contributed by atoms with E-state index in [1.165, 1.54) is 14.2 Å². The monoisotopic (exact) mass is 530 g/mol. The molecule has 204 valence electrons. The number of ether oxygens (including phenoxy) is 3. The summed E-state index contributed by atoms with van der Waals surface area (Å²) < 4.78 is 22.7. The summed E-state index contributed by atoms with van der Waals surface area (Å²) in [6.45, 7) is 3.41. The molecule has 1 aliphatic rings. The molecule has 3 aromatic rings. The van der Waals surface area contributed by atoms with Gasteiger partial charge in [0.25, 0.3) is 0 Å². The molecule has 0 bridgehead atoms. The number of ketones is 1. The Morgan fingerprint density at radius 1 is 0.872 bits per heavy atom. The van der Waals surface area contributed by atoms with E-state index in [1.54, 1.807) is 14.0 Å². The number of aryl methyl sites for hydroxylation is 1. The summed E-state index contributed by atoms with van der Waals surface area (Å²) in [5.74, 6) is -0.252. The summed E-state index contributed by atoms with van der Waals surface area (Å²) in [4.78, 5) is 38.8. The highest BCUT2D eigenvalue weighted by Crippen LogP contribution is 2.52. The van der Waals surface area contributed by atoms with E-state index in [9.17, 15) is 14.4 Å². The minimum atomic E-state index is -1.64. The van der Waals surface area contributed by atoms with E-state index in [-0.39, 0.29) is 18.6 Å². The smallest absolute Gasteiger partial charge is 0.324 e. The Balaban J connectivity index is 2.08. The zero-order chi connectivity index (χ0) is 28.2. The first kappa shape index (κ1) is 28.0. The van der Waals surface area contributed by atoms with Crippen LogP contribution in [0.4, 0.5) is 0 Å². The number of fused-ring (bicyclic) bond motifs is 1.